The lowest BCUT2D eigenvalue weighted by Crippen LogP contribution is -2.15. The Kier molecular flexibility index (Phi) is 4.67. The Balaban J connectivity index is 1.78. The minimum absolute atomic E-state index is 0.335. The van der Waals surface area contributed by atoms with Crippen LogP contribution in [0.2, 0.25) is 10.0 Å². The Morgan fingerprint density at radius 3 is 2.78 bits per heavy atom. The lowest BCUT2D eigenvalue weighted by Gasteiger charge is -2.07. The van der Waals surface area contributed by atoms with Crippen LogP contribution < -0.4 is 0 Å². The highest BCUT2D eigenvalue weighted by atomic mass is 35.5. The lowest BCUT2D eigenvalue weighted by molar-refractivity contribution is -0.139. The van der Waals surface area contributed by atoms with Gasteiger partial charge in [0.05, 0.1) is 34.4 Å². The van der Waals surface area contributed by atoms with E-state index in [0.29, 0.717) is 31.9 Å². The standard InChI is InChI=1S/C16H12Cl2N6O2S/c1-8(15(25)26-2)27-16-22-21-14-10-6-20-24(13(10)19-7-23(14)16)9-3-4-11(17)12(18)5-9/h3-8H,1-2H3. The Hall–Kier alpha value is -2.36. The first-order valence-electron chi connectivity index (χ1n) is 7.77. The van der Waals surface area contributed by atoms with Crippen molar-refractivity contribution in [2.75, 3.05) is 7.11 Å². The number of halogens is 2. The van der Waals surface area contributed by atoms with E-state index in [1.807, 2.05) is 0 Å². The quantitative estimate of drug-likeness (QED) is 0.367. The number of nitrogens with zero attached hydrogens (tertiary/aromatic N) is 6. The van der Waals surface area contributed by atoms with Gasteiger partial charge in [-0.15, -0.1) is 10.2 Å². The second kappa shape index (κ2) is 6.99. The molecule has 0 aliphatic heterocycles. The smallest absolute Gasteiger partial charge is 0.318 e. The Morgan fingerprint density at radius 2 is 2.04 bits per heavy atom. The van der Waals surface area contributed by atoms with Crippen molar-refractivity contribution in [3.8, 4) is 5.69 Å². The molecule has 1 unspecified atom stereocenters. The van der Waals surface area contributed by atoms with Crippen LogP contribution in [0.1, 0.15) is 6.92 Å². The third-order valence-electron chi connectivity index (χ3n) is 3.91. The fourth-order valence-corrected chi connectivity index (χ4v) is 3.70. The fraction of sp³-hybridized carbons (Fsp3) is 0.188. The zero-order valence-corrected chi connectivity index (χ0v) is 16.5. The van der Waals surface area contributed by atoms with E-state index in [1.54, 1.807) is 46.7 Å². The van der Waals surface area contributed by atoms with Crippen molar-refractivity contribution >= 4 is 57.6 Å². The predicted octanol–water partition coefficient (Wildman–Crippen LogP) is 3.42. The average Bonchev–Trinajstić information content (AvgIpc) is 3.27. The molecular weight excluding hydrogens is 411 g/mol. The van der Waals surface area contributed by atoms with Gasteiger partial charge >= 0.3 is 5.97 Å². The molecule has 0 aliphatic carbocycles. The van der Waals surface area contributed by atoms with Crippen LogP contribution in [0.4, 0.5) is 0 Å². The van der Waals surface area contributed by atoms with Crippen molar-refractivity contribution in [1.29, 1.82) is 0 Å². The second-order valence-corrected chi connectivity index (χ2v) is 7.72. The summed E-state index contributed by atoms with van der Waals surface area (Å²) in [6.45, 7) is 1.74. The molecule has 138 valence electrons. The van der Waals surface area contributed by atoms with E-state index in [2.05, 4.69) is 20.3 Å². The number of ether oxygens (including phenoxy) is 1. The molecule has 1 atom stereocenters. The van der Waals surface area contributed by atoms with Crippen LogP contribution in [0.5, 0.6) is 0 Å². The zero-order chi connectivity index (χ0) is 19.1. The number of hydrogen-bond acceptors (Lipinski definition) is 7. The first-order valence-corrected chi connectivity index (χ1v) is 9.40. The number of fused-ring (bicyclic) bond motifs is 3. The lowest BCUT2D eigenvalue weighted by atomic mass is 10.3. The summed E-state index contributed by atoms with van der Waals surface area (Å²) in [6.07, 6.45) is 3.26. The number of rotatable bonds is 4. The monoisotopic (exact) mass is 422 g/mol. The number of hydrogen-bond donors (Lipinski definition) is 0. The van der Waals surface area contributed by atoms with Gasteiger partial charge in [-0.05, 0) is 25.1 Å². The van der Waals surface area contributed by atoms with Crippen LogP contribution in [0.15, 0.2) is 35.9 Å². The highest BCUT2D eigenvalue weighted by Crippen LogP contribution is 2.28. The van der Waals surface area contributed by atoms with Crippen LogP contribution in [0.25, 0.3) is 22.4 Å². The van der Waals surface area contributed by atoms with Crippen molar-refractivity contribution in [2.45, 2.75) is 17.3 Å². The van der Waals surface area contributed by atoms with Crippen LogP contribution in [0, 0.1) is 0 Å². The molecule has 0 bridgehead atoms. The molecule has 0 radical (unpaired) electrons. The first kappa shape index (κ1) is 18.0. The molecule has 0 spiro atoms. The molecule has 0 amide bonds. The van der Waals surface area contributed by atoms with Crippen molar-refractivity contribution in [1.82, 2.24) is 29.4 Å². The van der Waals surface area contributed by atoms with Gasteiger partial charge in [-0.2, -0.15) is 5.10 Å². The van der Waals surface area contributed by atoms with Gasteiger partial charge in [0.1, 0.15) is 11.6 Å². The van der Waals surface area contributed by atoms with Gasteiger partial charge in [0.25, 0.3) is 0 Å². The molecule has 0 fully saturated rings. The highest BCUT2D eigenvalue weighted by Gasteiger charge is 2.20. The van der Waals surface area contributed by atoms with E-state index in [4.69, 9.17) is 27.9 Å². The van der Waals surface area contributed by atoms with Crippen LogP contribution in [-0.4, -0.2) is 47.7 Å². The number of benzene rings is 1. The number of aromatic nitrogens is 6. The Morgan fingerprint density at radius 1 is 1.22 bits per heavy atom. The molecule has 1 aromatic carbocycles. The van der Waals surface area contributed by atoms with Gasteiger partial charge in [-0.25, -0.2) is 9.67 Å². The van der Waals surface area contributed by atoms with Gasteiger partial charge in [0.2, 0.25) is 0 Å². The van der Waals surface area contributed by atoms with E-state index in [0.717, 1.165) is 5.69 Å². The predicted molar refractivity (Wildman–Crippen MR) is 103 cm³/mol. The zero-order valence-electron chi connectivity index (χ0n) is 14.1. The minimum Gasteiger partial charge on any atom is -0.468 e. The molecule has 27 heavy (non-hydrogen) atoms. The first-order chi connectivity index (χ1) is 13.0. The maximum absolute atomic E-state index is 11.6. The molecule has 8 nitrogen and oxygen atoms in total. The third-order valence-corrected chi connectivity index (χ3v) is 5.68. The molecule has 11 heteroatoms. The van der Waals surface area contributed by atoms with Gasteiger partial charge in [0.15, 0.2) is 16.5 Å². The van der Waals surface area contributed by atoms with Crippen molar-refractivity contribution in [3.63, 3.8) is 0 Å². The minimum atomic E-state index is -0.419. The number of carbonyl (C=O) groups is 1. The Bertz CT molecular complexity index is 1170. The number of carbonyl (C=O) groups excluding carboxylic acids is 1. The molecular formula is C16H12Cl2N6O2S. The summed E-state index contributed by atoms with van der Waals surface area (Å²) in [5.41, 5.74) is 1.92. The van der Waals surface area contributed by atoms with Gasteiger partial charge in [-0.3, -0.25) is 9.20 Å². The summed E-state index contributed by atoms with van der Waals surface area (Å²) in [6, 6.07) is 5.21. The van der Waals surface area contributed by atoms with Crippen molar-refractivity contribution in [2.24, 2.45) is 0 Å². The maximum atomic E-state index is 11.6. The second-order valence-electron chi connectivity index (χ2n) is 5.60. The summed E-state index contributed by atoms with van der Waals surface area (Å²) in [7, 11) is 1.35. The molecule has 0 N–H and O–H groups in total. The highest BCUT2D eigenvalue weighted by molar-refractivity contribution is 8.00. The molecule has 4 rings (SSSR count). The van der Waals surface area contributed by atoms with Gasteiger partial charge in [-0.1, -0.05) is 35.0 Å². The van der Waals surface area contributed by atoms with E-state index < -0.39 is 5.25 Å². The van der Waals surface area contributed by atoms with Crippen molar-refractivity contribution in [3.05, 3.63) is 40.8 Å². The molecule has 3 aromatic heterocycles. The summed E-state index contributed by atoms with van der Waals surface area (Å²) in [4.78, 5) is 16.1. The number of thioether (sulfide) groups is 1. The summed E-state index contributed by atoms with van der Waals surface area (Å²) < 4.78 is 8.11. The third kappa shape index (κ3) is 3.11. The molecule has 0 saturated carbocycles. The fourth-order valence-electron chi connectivity index (χ4n) is 2.56. The topological polar surface area (TPSA) is 87.2 Å². The summed E-state index contributed by atoms with van der Waals surface area (Å²) >= 11 is 13.3. The van der Waals surface area contributed by atoms with Crippen LogP contribution in [-0.2, 0) is 9.53 Å². The summed E-state index contributed by atoms with van der Waals surface area (Å²) in [5.74, 6) is -0.335. The molecule has 0 saturated heterocycles. The SMILES string of the molecule is COC(=O)C(C)Sc1nnc2c3cnn(-c4ccc(Cl)c(Cl)c4)c3ncn12. The number of esters is 1. The van der Waals surface area contributed by atoms with Gasteiger partial charge in [0, 0.05) is 0 Å². The maximum Gasteiger partial charge on any atom is 0.318 e. The van der Waals surface area contributed by atoms with E-state index in [1.165, 1.54) is 18.9 Å². The van der Waals surface area contributed by atoms with Crippen molar-refractivity contribution < 1.29 is 9.53 Å². The molecule has 3 heterocycles. The molecule has 4 aromatic rings. The normalized spacial score (nSPS) is 12.6. The van der Waals surface area contributed by atoms with Crippen LogP contribution >= 0.6 is 35.0 Å². The van der Waals surface area contributed by atoms with E-state index >= 15 is 0 Å². The largest absolute Gasteiger partial charge is 0.468 e. The summed E-state index contributed by atoms with van der Waals surface area (Å²) in [5, 5.41) is 14.5. The van der Waals surface area contributed by atoms with Gasteiger partial charge < -0.3 is 4.74 Å². The van der Waals surface area contributed by atoms with E-state index in [-0.39, 0.29) is 5.97 Å². The Labute approximate surface area is 167 Å². The molecule has 0 aliphatic rings. The number of methoxy groups -OCH3 is 1. The van der Waals surface area contributed by atoms with E-state index in [9.17, 15) is 4.79 Å². The van der Waals surface area contributed by atoms with Crippen LogP contribution in [0.3, 0.4) is 0 Å². The average molecular weight is 423 g/mol.